The van der Waals surface area contributed by atoms with Crippen LogP contribution in [0.2, 0.25) is 0 Å². The Morgan fingerprint density at radius 3 is 2.39 bits per heavy atom. The van der Waals surface area contributed by atoms with Crippen LogP contribution in [-0.4, -0.2) is 16.1 Å². The van der Waals surface area contributed by atoms with Crippen molar-refractivity contribution in [2.45, 2.75) is 50.9 Å². The maximum Gasteiger partial charge on any atom is 0.250 e. The Balaban J connectivity index is 1.49. The molecule has 0 spiro atoms. The van der Waals surface area contributed by atoms with Crippen molar-refractivity contribution in [3.05, 3.63) is 29.3 Å². The van der Waals surface area contributed by atoms with Gasteiger partial charge in [-0.15, -0.1) is 10.2 Å². The predicted octanol–water partition coefficient (Wildman–Crippen LogP) is 4.08. The lowest BCUT2D eigenvalue weighted by Crippen LogP contribution is -2.48. The van der Waals surface area contributed by atoms with Crippen LogP contribution in [0.5, 0.6) is 0 Å². The Morgan fingerprint density at radius 1 is 1.13 bits per heavy atom. The van der Waals surface area contributed by atoms with Gasteiger partial charge in [-0.25, -0.2) is 0 Å². The largest absolute Gasteiger partial charge is 0.297 e. The molecule has 0 saturated heterocycles. The molecule has 23 heavy (non-hydrogen) atoms. The minimum atomic E-state index is -0.142. The van der Waals surface area contributed by atoms with E-state index in [1.165, 1.54) is 44.6 Å². The number of aromatic nitrogens is 2. The van der Waals surface area contributed by atoms with E-state index in [2.05, 4.69) is 15.5 Å². The molecule has 4 bridgehead atoms. The van der Waals surface area contributed by atoms with Crippen LogP contribution in [0.1, 0.15) is 50.5 Å². The van der Waals surface area contributed by atoms with Crippen LogP contribution >= 0.6 is 11.3 Å². The zero-order chi connectivity index (χ0) is 15.9. The number of carbonyl (C=O) groups is 1. The van der Waals surface area contributed by atoms with Crippen molar-refractivity contribution in [3.63, 3.8) is 0 Å². The lowest BCUT2D eigenvalue weighted by Gasteiger charge is -2.55. The van der Waals surface area contributed by atoms with E-state index in [1.807, 2.05) is 19.1 Å². The van der Waals surface area contributed by atoms with Gasteiger partial charge in [0.25, 0.3) is 0 Å². The smallest absolute Gasteiger partial charge is 0.250 e. The van der Waals surface area contributed by atoms with E-state index in [-0.39, 0.29) is 11.3 Å². The molecule has 5 heteroatoms. The minimum absolute atomic E-state index is 0.142. The Kier molecular flexibility index (Phi) is 3.84. The molecular formula is C18H23N3OS. The molecule has 0 radical (unpaired) electrons. The number of amides is 1. The summed E-state index contributed by atoms with van der Waals surface area (Å²) in [5.74, 6) is 2.54. The Bertz CT molecular complexity index is 626. The molecule has 1 aromatic rings. The van der Waals surface area contributed by atoms with E-state index >= 15 is 0 Å². The Morgan fingerprint density at radius 2 is 1.78 bits per heavy atom. The molecule has 0 aromatic carbocycles. The fourth-order valence-electron chi connectivity index (χ4n) is 5.26. The van der Waals surface area contributed by atoms with Gasteiger partial charge in [-0.3, -0.25) is 10.1 Å². The number of carbonyl (C=O) groups excluding carboxylic acids is 1. The van der Waals surface area contributed by atoms with Crippen LogP contribution in [0.25, 0.3) is 0 Å². The van der Waals surface area contributed by atoms with Crippen molar-refractivity contribution in [1.82, 2.24) is 10.2 Å². The second kappa shape index (κ2) is 5.86. The highest BCUT2D eigenvalue weighted by Gasteiger charge is 2.53. The van der Waals surface area contributed by atoms with Crippen molar-refractivity contribution >= 4 is 22.4 Å². The van der Waals surface area contributed by atoms with E-state index in [4.69, 9.17) is 0 Å². The van der Waals surface area contributed by atoms with Crippen LogP contribution in [0.3, 0.4) is 0 Å². The SMILES string of the molecule is C/C=C/C=C/C(=O)Nc1nnc(C23CC4CC(CC(C4)C2)C3)s1. The van der Waals surface area contributed by atoms with Crippen molar-refractivity contribution < 1.29 is 4.79 Å². The number of hydrogen-bond acceptors (Lipinski definition) is 4. The Hall–Kier alpha value is -1.49. The van der Waals surface area contributed by atoms with Crippen LogP contribution < -0.4 is 5.32 Å². The van der Waals surface area contributed by atoms with Gasteiger partial charge in [-0.2, -0.15) is 0 Å². The molecule has 1 aromatic heterocycles. The predicted molar refractivity (Wildman–Crippen MR) is 92.3 cm³/mol. The molecular weight excluding hydrogens is 306 g/mol. The molecule has 4 fully saturated rings. The number of nitrogens with zero attached hydrogens (tertiary/aromatic N) is 2. The molecule has 0 unspecified atom stereocenters. The first kappa shape index (κ1) is 15.1. The van der Waals surface area contributed by atoms with Gasteiger partial charge in [-0.05, 0) is 63.2 Å². The summed E-state index contributed by atoms with van der Waals surface area (Å²) in [6.07, 6.45) is 15.1. The summed E-state index contributed by atoms with van der Waals surface area (Å²) in [5.41, 5.74) is 0.260. The Labute approximate surface area is 141 Å². The highest BCUT2D eigenvalue weighted by atomic mass is 32.1. The quantitative estimate of drug-likeness (QED) is 0.669. The summed E-state index contributed by atoms with van der Waals surface area (Å²) in [4.78, 5) is 11.9. The second-order valence-electron chi connectivity index (χ2n) is 7.48. The van der Waals surface area contributed by atoms with Crippen LogP contribution in [0.15, 0.2) is 24.3 Å². The molecule has 4 nitrogen and oxygen atoms in total. The van der Waals surface area contributed by atoms with Gasteiger partial charge in [0.05, 0.1) is 0 Å². The van der Waals surface area contributed by atoms with Gasteiger partial charge in [-0.1, -0.05) is 29.6 Å². The summed E-state index contributed by atoms with van der Waals surface area (Å²) in [6.45, 7) is 1.92. The highest BCUT2D eigenvalue weighted by Crippen LogP contribution is 2.61. The first-order chi connectivity index (χ1) is 11.2. The van der Waals surface area contributed by atoms with Gasteiger partial charge < -0.3 is 0 Å². The first-order valence-electron chi connectivity index (χ1n) is 8.61. The maximum absolute atomic E-state index is 11.9. The molecule has 4 saturated carbocycles. The third kappa shape index (κ3) is 2.87. The van der Waals surface area contributed by atoms with E-state index in [1.54, 1.807) is 17.4 Å². The number of rotatable bonds is 4. The van der Waals surface area contributed by atoms with Crippen molar-refractivity contribution in [3.8, 4) is 0 Å². The number of anilines is 1. The molecule has 1 N–H and O–H groups in total. The average molecular weight is 329 g/mol. The fraction of sp³-hybridized carbons (Fsp3) is 0.611. The van der Waals surface area contributed by atoms with Gasteiger partial charge >= 0.3 is 0 Å². The first-order valence-corrected chi connectivity index (χ1v) is 9.43. The lowest BCUT2D eigenvalue weighted by molar-refractivity contribution is -0.111. The molecule has 122 valence electrons. The van der Waals surface area contributed by atoms with E-state index in [0.717, 1.165) is 22.8 Å². The van der Waals surface area contributed by atoms with E-state index < -0.39 is 0 Å². The molecule has 0 aliphatic heterocycles. The molecule has 4 aliphatic carbocycles. The zero-order valence-corrected chi connectivity index (χ0v) is 14.3. The van der Waals surface area contributed by atoms with E-state index in [9.17, 15) is 4.79 Å². The third-order valence-electron chi connectivity index (χ3n) is 5.70. The summed E-state index contributed by atoms with van der Waals surface area (Å²) < 4.78 is 0. The third-order valence-corrected chi connectivity index (χ3v) is 6.78. The maximum atomic E-state index is 11.9. The summed E-state index contributed by atoms with van der Waals surface area (Å²) in [5, 5.41) is 13.3. The van der Waals surface area contributed by atoms with Crippen LogP contribution in [-0.2, 0) is 10.2 Å². The van der Waals surface area contributed by atoms with Gasteiger partial charge in [0.15, 0.2) is 0 Å². The summed E-state index contributed by atoms with van der Waals surface area (Å²) in [7, 11) is 0. The van der Waals surface area contributed by atoms with Crippen molar-refractivity contribution in [1.29, 1.82) is 0 Å². The highest BCUT2D eigenvalue weighted by molar-refractivity contribution is 7.15. The van der Waals surface area contributed by atoms with Crippen LogP contribution in [0, 0.1) is 17.8 Å². The average Bonchev–Trinajstić information content (AvgIpc) is 2.95. The van der Waals surface area contributed by atoms with E-state index in [0.29, 0.717) is 5.13 Å². The normalized spacial score (nSPS) is 35.4. The zero-order valence-electron chi connectivity index (χ0n) is 13.5. The number of allylic oxidation sites excluding steroid dienone is 3. The summed E-state index contributed by atoms with van der Waals surface area (Å²) in [6, 6.07) is 0. The topological polar surface area (TPSA) is 54.9 Å². The molecule has 0 atom stereocenters. The fourth-order valence-corrected chi connectivity index (χ4v) is 6.23. The second-order valence-corrected chi connectivity index (χ2v) is 8.46. The molecule has 4 aliphatic rings. The molecule has 1 amide bonds. The summed E-state index contributed by atoms with van der Waals surface area (Å²) >= 11 is 1.58. The molecule has 5 rings (SSSR count). The monoisotopic (exact) mass is 329 g/mol. The van der Waals surface area contributed by atoms with Crippen molar-refractivity contribution in [2.24, 2.45) is 17.8 Å². The van der Waals surface area contributed by atoms with Gasteiger partial charge in [0.2, 0.25) is 11.0 Å². The van der Waals surface area contributed by atoms with Gasteiger partial charge in [0, 0.05) is 11.5 Å². The minimum Gasteiger partial charge on any atom is -0.297 e. The van der Waals surface area contributed by atoms with Gasteiger partial charge in [0.1, 0.15) is 5.01 Å². The number of nitrogens with one attached hydrogen (secondary N) is 1. The molecule has 1 heterocycles. The van der Waals surface area contributed by atoms with Crippen LogP contribution in [0.4, 0.5) is 5.13 Å². The van der Waals surface area contributed by atoms with Crippen molar-refractivity contribution in [2.75, 3.05) is 5.32 Å². The lowest BCUT2D eigenvalue weighted by atomic mass is 9.50. The number of hydrogen-bond donors (Lipinski definition) is 1. The standard InChI is InChI=1S/C18H23N3OS/c1-2-3-4-5-15(22)19-17-21-20-16(23-17)18-9-12-6-13(10-18)8-14(7-12)11-18/h2-5,12-14H,6-11H2,1H3,(H,19,21,22)/b3-2+,5-4+.